The highest BCUT2D eigenvalue weighted by Gasteiger charge is 2.05. The van der Waals surface area contributed by atoms with Crippen LogP contribution in [0.2, 0.25) is 0 Å². The molecule has 0 fully saturated rings. The summed E-state index contributed by atoms with van der Waals surface area (Å²) in [5.41, 5.74) is 1.19. The topological polar surface area (TPSA) is 54.7 Å². The first-order chi connectivity index (χ1) is 12.2. The van der Waals surface area contributed by atoms with E-state index in [1.165, 1.54) is 5.56 Å². The first kappa shape index (κ1) is 22.3. The monoisotopic (exact) mass is 471 g/mol. The lowest BCUT2D eigenvalue weighted by atomic mass is 10.3. The number of ether oxygens (including phenoxy) is 1. The number of rotatable bonds is 9. The highest BCUT2D eigenvalue weighted by molar-refractivity contribution is 14.0. The van der Waals surface area contributed by atoms with E-state index >= 15 is 0 Å². The molecular formula is C19H30IN5O. The van der Waals surface area contributed by atoms with Crippen LogP contribution in [-0.4, -0.2) is 53.9 Å². The highest BCUT2D eigenvalue weighted by Crippen LogP contribution is 2.07. The lowest BCUT2D eigenvalue weighted by molar-refractivity contribution is 0.281. The van der Waals surface area contributed by atoms with E-state index in [2.05, 4.69) is 35.4 Å². The molecule has 0 radical (unpaired) electrons. The number of nitrogens with zero attached hydrogens (tertiary/aromatic N) is 4. The van der Waals surface area contributed by atoms with Gasteiger partial charge in [-0.3, -0.25) is 9.67 Å². The zero-order valence-corrected chi connectivity index (χ0v) is 18.2. The van der Waals surface area contributed by atoms with E-state index in [-0.39, 0.29) is 24.0 Å². The van der Waals surface area contributed by atoms with E-state index in [0.717, 1.165) is 44.3 Å². The molecule has 7 heteroatoms. The average Bonchev–Trinajstić information content (AvgIpc) is 3.03. The van der Waals surface area contributed by atoms with Crippen molar-refractivity contribution in [1.29, 1.82) is 0 Å². The van der Waals surface area contributed by atoms with Gasteiger partial charge in [-0.15, -0.1) is 24.0 Å². The maximum absolute atomic E-state index is 5.75. The summed E-state index contributed by atoms with van der Waals surface area (Å²) in [6.45, 7) is 8.04. The van der Waals surface area contributed by atoms with Crippen LogP contribution >= 0.6 is 24.0 Å². The fourth-order valence-electron chi connectivity index (χ4n) is 2.40. The fourth-order valence-corrected chi connectivity index (χ4v) is 2.40. The molecular weight excluding hydrogens is 441 g/mol. The Balaban J connectivity index is 0.00000338. The van der Waals surface area contributed by atoms with Gasteiger partial charge in [-0.1, -0.05) is 18.2 Å². The Kier molecular flexibility index (Phi) is 10.8. The number of para-hydroxylation sites is 1. The van der Waals surface area contributed by atoms with Gasteiger partial charge >= 0.3 is 0 Å². The van der Waals surface area contributed by atoms with Crippen molar-refractivity contribution in [2.24, 2.45) is 4.99 Å². The molecule has 1 aromatic carbocycles. The van der Waals surface area contributed by atoms with Gasteiger partial charge in [0, 0.05) is 32.9 Å². The van der Waals surface area contributed by atoms with Crippen molar-refractivity contribution in [2.75, 3.05) is 33.3 Å². The Bertz CT molecular complexity index is 644. The number of hydrogen-bond donors (Lipinski definition) is 1. The largest absolute Gasteiger partial charge is 0.492 e. The highest BCUT2D eigenvalue weighted by atomic mass is 127. The summed E-state index contributed by atoms with van der Waals surface area (Å²) in [7, 11) is 2.03. The second kappa shape index (κ2) is 12.6. The molecule has 2 rings (SSSR count). The van der Waals surface area contributed by atoms with Crippen LogP contribution in [0.25, 0.3) is 0 Å². The molecule has 0 bridgehead atoms. The van der Waals surface area contributed by atoms with Gasteiger partial charge in [0.2, 0.25) is 0 Å². The Hall–Kier alpha value is -1.77. The van der Waals surface area contributed by atoms with Crippen molar-refractivity contribution in [3.05, 3.63) is 48.3 Å². The van der Waals surface area contributed by atoms with Crippen LogP contribution in [-0.2, 0) is 6.54 Å². The number of aliphatic imine (C=N–C) groups is 1. The third kappa shape index (κ3) is 8.07. The van der Waals surface area contributed by atoms with Crippen LogP contribution in [0.1, 0.15) is 18.9 Å². The minimum Gasteiger partial charge on any atom is -0.492 e. The summed E-state index contributed by atoms with van der Waals surface area (Å²) in [4.78, 5) is 6.80. The minimum atomic E-state index is 0. The molecule has 0 spiro atoms. The predicted octanol–water partition coefficient (Wildman–Crippen LogP) is 3.18. The summed E-state index contributed by atoms with van der Waals surface area (Å²) < 4.78 is 7.72. The van der Waals surface area contributed by atoms with Crippen LogP contribution in [0, 0.1) is 6.92 Å². The maximum Gasteiger partial charge on any atom is 0.193 e. The maximum atomic E-state index is 5.75. The van der Waals surface area contributed by atoms with Crippen LogP contribution in [0.3, 0.4) is 0 Å². The van der Waals surface area contributed by atoms with Gasteiger partial charge in [0.1, 0.15) is 12.4 Å². The predicted molar refractivity (Wildman–Crippen MR) is 118 cm³/mol. The van der Waals surface area contributed by atoms with Crippen molar-refractivity contribution < 1.29 is 4.74 Å². The van der Waals surface area contributed by atoms with Gasteiger partial charge in [-0.2, -0.15) is 5.10 Å². The molecule has 1 aromatic heterocycles. The van der Waals surface area contributed by atoms with Gasteiger partial charge in [0.15, 0.2) is 5.96 Å². The van der Waals surface area contributed by atoms with Crippen molar-refractivity contribution in [3.8, 4) is 5.75 Å². The molecule has 26 heavy (non-hydrogen) atoms. The zero-order valence-electron chi connectivity index (χ0n) is 15.9. The molecule has 0 saturated heterocycles. The summed E-state index contributed by atoms with van der Waals surface area (Å²) in [6.07, 6.45) is 4.90. The zero-order chi connectivity index (χ0) is 17.9. The molecule has 0 aliphatic carbocycles. The smallest absolute Gasteiger partial charge is 0.193 e. The quantitative estimate of drug-likeness (QED) is 0.264. The Labute approximate surface area is 173 Å². The van der Waals surface area contributed by atoms with E-state index in [0.29, 0.717) is 6.61 Å². The Morgan fingerprint density at radius 3 is 2.73 bits per heavy atom. The summed E-state index contributed by atoms with van der Waals surface area (Å²) >= 11 is 0. The number of aromatic nitrogens is 2. The molecule has 0 amide bonds. The molecule has 0 aliphatic rings. The number of nitrogens with one attached hydrogen (secondary N) is 1. The summed E-state index contributed by atoms with van der Waals surface area (Å²) in [5, 5.41) is 7.63. The van der Waals surface area contributed by atoms with Crippen molar-refractivity contribution in [2.45, 2.75) is 26.8 Å². The molecule has 1 N–H and O–H groups in total. The standard InChI is InChI=1S/C19H29N5O.HI/c1-4-20-19(21-11-8-12-24-16-17(2)15-22-24)23(3)13-14-25-18-9-6-5-7-10-18;/h5-7,9-10,15-16H,4,8,11-14H2,1-3H3,(H,20,21);1H. The number of aryl methyl sites for hydroxylation is 2. The van der Waals surface area contributed by atoms with Crippen LogP contribution in [0.15, 0.2) is 47.7 Å². The van der Waals surface area contributed by atoms with E-state index in [4.69, 9.17) is 9.73 Å². The molecule has 0 unspecified atom stereocenters. The normalized spacial score (nSPS) is 11.0. The lowest BCUT2D eigenvalue weighted by Gasteiger charge is -2.22. The van der Waals surface area contributed by atoms with Crippen molar-refractivity contribution >= 4 is 29.9 Å². The lowest BCUT2D eigenvalue weighted by Crippen LogP contribution is -2.41. The first-order valence-corrected chi connectivity index (χ1v) is 8.85. The number of hydrogen-bond acceptors (Lipinski definition) is 3. The average molecular weight is 471 g/mol. The second-order valence-corrected chi connectivity index (χ2v) is 5.95. The van der Waals surface area contributed by atoms with Crippen LogP contribution in [0.5, 0.6) is 5.75 Å². The van der Waals surface area contributed by atoms with Crippen molar-refractivity contribution in [1.82, 2.24) is 20.0 Å². The number of guanidine groups is 1. The SMILES string of the molecule is CCNC(=NCCCn1cc(C)cn1)N(C)CCOc1ccccc1.I. The summed E-state index contributed by atoms with van der Waals surface area (Å²) in [5.74, 6) is 1.81. The molecule has 144 valence electrons. The Morgan fingerprint density at radius 2 is 2.08 bits per heavy atom. The molecule has 6 nitrogen and oxygen atoms in total. The molecule has 0 atom stereocenters. The molecule has 0 aliphatic heterocycles. The third-order valence-corrected chi connectivity index (χ3v) is 3.70. The second-order valence-electron chi connectivity index (χ2n) is 5.95. The summed E-state index contributed by atoms with van der Waals surface area (Å²) in [6, 6.07) is 9.88. The van der Waals surface area contributed by atoms with Gasteiger partial charge in [0.25, 0.3) is 0 Å². The van der Waals surface area contributed by atoms with Gasteiger partial charge in [0.05, 0.1) is 12.7 Å². The van der Waals surface area contributed by atoms with E-state index in [9.17, 15) is 0 Å². The van der Waals surface area contributed by atoms with Crippen LogP contribution < -0.4 is 10.1 Å². The number of benzene rings is 1. The number of halogens is 1. The molecule has 1 heterocycles. The van der Waals surface area contributed by atoms with Crippen molar-refractivity contribution in [3.63, 3.8) is 0 Å². The van der Waals surface area contributed by atoms with E-state index in [1.807, 2.05) is 48.3 Å². The van der Waals surface area contributed by atoms with Gasteiger partial charge < -0.3 is 15.0 Å². The van der Waals surface area contributed by atoms with Gasteiger partial charge in [-0.05, 0) is 38.0 Å². The van der Waals surface area contributed by atoms with E-state index in [1.54, 1.807) is 0 Å². The van der Waals surface area contributed by atoms with Gasteiger partial charge in [-0.25, -0.2) is 0 Å². The Morgan fingerprint density at radius 1 is 1.31 bits per heavy atom. The fraction of sp³-hybridized carbons (Fsp3) is 0.474. The third-order valence-electron chi connectivity index (χ3n) is 3.70. The minimum absolute atomic E-state index is 0. The first-order valence-electron chi connectivity index (χ1n) is 8.85. The van der Waals surface area contributed by atoms with E-state index < -0.39 is 0 Å². The molecule has 2 aromatic rings. The number of likely N-dealkylation sites (N-methyl/N-ethyl adjacent to an activating group) is 1. The van der Waals surface area contributed by atoms with Crippen LogP contribution in [0.4, 0.5) is 0 Å². The molecule has 0 saturated carbocycles.